The van der Waals surface area contributed by atoms with Crippen molar-refractivity contribution in [3.63, 3.8) is 0 Å². The number of carbonyl (C=O) groups is 1. The molecule has 0 fully saturated rings. The lowest BCUT2D eigenvalue weighted by Crippen LogP contribution is -2.40. The maximum Gasteiger partial charge on any atom is 0.223 e. The van der Waals surface area contributed by atoms with E-state index in [-0.39, 0.29) is 11.5 Å². The molecule has 2 heterocycles. The van der Waals surface area contributed by atoms with Crippen LogP contribution in [0, 0.1) is 0 Å². The molecule has 1 aromatic carbocycles. The van der Waals surface area contributed by atoms with E-state index in [2.05, 4.69) is 35.1 Å². The van der Waals surface area contributed by atoms with E-state index in [1.807, 2.05) is 23.6 Å². The zero-order chi connectivity index (χ0) is 16.4. The number of carbonyl (C=O) groups excluding carboxylic acids is 1. The van der Waals surface area contributed by atoms with Crippen molar-refractivity contribution in [2.45, 2.75) is 39.5 Å². The summed E-state index contributed by atoms with van der Waals surface area (Å²) in [4.78, 5) is 17.9. The molecule has 5 nitrogen and oxygen atoms in total. The molecule has 122 valence electrons. The molecular weight excluding hydrogens is 310 g/mol. The molecule has 1 aromatic heterocycles. The summed E-state index contributed by atoms with van der Waals surface area (Å²) in [5, 5.41) is 5.38. The molecule has 6 heteroatoms. The molecule has 0 bridgehead atoms. The monoisotopic (exact) mass is 331 g/mol. The van der Waals surface area contributed by atoms with E-state index in [4.69, 9.17) is 4.74 Å². The first-order valence-electron chi connectivity index (χ1n) is 7.62. The second kappa shape index (κ2) is 6.29. The Morgan fingerprint density at radius 3 is 3.00 bits per heavy atom. The van der Waals surface area contributed by atoms with Crippen LogP contribution in [-0.4, -0.2) is 27.9 Å². The van der Waals surface area contributed by atoms with Crippen molar-refractivity contribution in [1.82, 2.24) is 9.88 Å². The summed E-state index contributed by atoms with van der Waals surface area (Å²) in [7, 11) is 0. The molecule has 0 unspecified atom stereocenters. The zero-order valence-corrected chi connectivity index (χ0v) is 14.4. The first-order valence-corrected chi connectivity index (χ1v) is 8.50. The lowest BCUT2D eigenvalue weighted by Gasteiger charge is -2.29. The van der Waals surface area contributed by atoms with Crippen molar-refractivity contribution in [1.29, 1.82) is 0 Å². The molecule has 2 aromatic rings. The van der Waals surface area contributed by atoms with Gasteiger partial charge in [-0.05, 0) is 19.9 Å². The summed E-state index contributed by atoms with van der Waals surface area (Å²) in [6, 6.07) is 8.17. The fourth-order valence-corrected chi connectivity index (χ4v) is 3.58. The summed E-state index contributed by atoms with van der Waals surface area (Å²) >= 11 is 1.46. The van der Waals surface area contributed by atoms with Gasteiger partial charge in [-0.2, -0.15) is 0 Å². The Morgan fingerprint density at radius 2 is 2.22 bits per heavy atom. The average Bonchev–Trinajstić information content (AvgIpc) is 2.80. The summed E-state index contributed by atoms with van der Waals surface area (Å²) in [5.41, 5.74) is 1.90. The molecular formula is C17H21N3O2S. The van der Waals surface area contributed by atoms with E-state index in [9.17, 15) is 4.79 Å². The topological polar surface area (TPSA) is 54.5 Å². The normalized spacial score (nSPS) is 17.0. The van der Waals surface area contributed by atoms with Crippen LogP contribution in [0.4, 0.5) is 5.13 Å². The van der Waals surface area contributed by atoms with Crippen molar-refractivity contribution < 1.29 is 9.53 Å². The number of amides is 1. The fourth-order valence-electron chi connectivity index (χ4n) is 2.83. The van der Waals surface area contributed by atoms with Gasteiger partial charge in [-0.3, -0.25) is 9.69 Å². The molecule has 3 rings (SSSR count). The van der Waals surface area contributed by atoms with Crippen LogP contribution in [0.25, 0.3) is 0 Å². The van der Waals surface area contributed by atoms with Crippen LogP contribution in [0.3, 0.4) is 0 Å². The standard InChI is InChI=1S/C17H21N3O2S/c1-12(21)18-16-19-14(10-23-16)9-20-8-13-6-4-5-7-15(13)22-17(2,3)11-20/h4-7,10H,8-9,11H2,1-3H3,(H,18,19,21). The Bertz CT molecular complexity index is 711. The number of thiazole rings is 1. The molecule has 1 aliphatic rings. The smallest absolute Gasteiger partial charge is 0.223 e. The second-order valence-corrected chi connectivity index (χ2v) is 7.30. The Balaban J connectivity index is 1.77. The molecule has 1 amide bonds. The molecule has 0 saturated heterocycles. The molecule has 1 N–H and O–H groups in total. The van der Waals surface area contributed by atoms with E-state index in [0.717, 1.165) is 31.1 Å². The van der Waals surface area contributed by atoms with Crippen LogP contribution in [-0.2, 0) is 17.9 Å². The van der Waals surface area contributed by atoms with E-state index in [0.29, 0.717) is 5.13 Å². The molecule has 0 atom stereocenters. The van der Waals surface area contributed by atoms with Crippen molar-refractivity contribution in [2.24, 2.45) is 0 Å². The summed E-state index contributed by atoms with van der Waals surface area (Å²) in [6.45, 7) is 8.07. The summed E-state index contributed by atoms with van der Waals surface area (Å²) in [5.74, 6) is 0.862. The minimum Gasteiger partial charge on any atom is -0.486 e. The van der Waals surface area contributed by atoms with E-state index < -0.39 is 0 Å². The highest BCUT2D eigenvalue weighted by molar-refractivity contribution is 7.13. The SMILES string of the molecule is CC(=O)Nc1nc(CN2Cc3ccccc3OC(C)(C)C2)cs1. The third-order valence-electron chi connectivity index (χ3n) is 3.58. The molecule has 0 saturated carbocycles. The summed E-state index contributed by atoms with van der Waals surface area (Å²) in [6.07, 6.45) is 0. The third-order valence-corrected chi connectivity index (χ3v) is 4.38. The van der Waals surface area contributed by atoms with Gasteiger partial charge in [0.2, 0.25) is 5.91 Å². The lowest BCUT2D eigenvalue weighted by molar-refractivity contribution is -0.114. The quantitative estimate of drug-likeness (QED) is 0.938. The van der Waals surface area contributed by atoms with Gasteiger partial charge in [0.25, 0.3) is 0 Å². The Kier molecular flexibility index (Phi) is 4.37. The first kappa shape index (κ1) is 16.0. The molecule has 0 aliphatic carbocycles. The number of nitrogens with zero attached hydrogens (tertiary/aromatic N) is 2. The first-order chi connectivity index (χ1) is 10.9. The molecule has 23 heavy (non-hydrogen) atoms. The number of para-hydroxylation sites is 1. The van der Waals surface area contributed by atoms with Gasteiger partial charge in [0.1, 0.15) is 11.4 Å². The number of rotatable bonds is 3. The van der Waals surface area contributed by atoms with Crippen LogP contribution in [0.5, 0.6) is 5.75 Å². The number of anilines is 1. The van der Waals surface area contributed by atoms with Crippen LogP contribution >= 0.6 is 11.3 Å². The van der Waals surface area contributed by atoms with Gasteiger partial charge in [-0.15, -0.1) is 11.3 Å². The highest BCUT2D eigenvalue weighted by Crippen LogP contribution is 2.30. The highest BCUT2D eigenvalue weighted by atomic mass is 32.1. The van der Waals surface area contributed by atoms with Crippen molar-refractivity contribution in [3.8, 4) is 5.75 Å². The number of benzene rings is 1. The molecule has 1 aliphatic heterocycles. The van der Waals surface area contributed by atoms with Gasteiger partial charge in [-0.1, -0.05) is 18.2 Å². The van der Waals surface area contributed by atoms with Gasteiger partial charge in [0.15, 0.2) is 5.13 Å². The second-order valence-electron chi connectivity index (χ2n) is 6.44. The molecule has 0 spiro atoms. The number of hydrogen-bond donors (Lipinski definition) is 1. The van der Waals surface area contributed by atoms with Gasteiger partial charge in [-0.25, -0.2) is 4.98 Å². The third kappa shape index (κ3) is 4.09. The predicted molar refractivity (Wildman–Crippen MR) is 91.7 cm³/mol. The zero-order valence-electron chi connectivity index (χ0n) is 13.6. The maximum absolute atomic E-state index is 11.1. The van der Waals surface area contributed by atoms with Crippen molar-refractivity contribution in [2.75, 3.05) is 11.9 Å². The van der Waals surface area contributed by atoms with Crippen LogP contribution in [0.1, 0.15) is 32.0 Å². The van der Waals surface area contributed by atoms with Gasteiger partial charge < -0.3 is 10.1 Å². The minimum absolute atomic E-state index is 0.0934. The number of hydrogen-bond acceptors (Lipinski definition) is 5. The largest absolute Gasteiger partial charge is 0.486 e. The van der Waals surface area contributed by atoms with E-state index in [1.54, 1.807) is 0 Å². The Morgan fingerprint density at radius 1 is 1.43 bits per heavy atom. The van der Waals surface area contributed by atoms with Crippen LogP contribution in [0.2, 0.25) is 0 Å². The number of aromatic nitrogens is 1. The number of ether oxygens (including phenoxy) is 1. The fraction of sp³-hybridized carbons (Fsp3) is 0.412. The predicted octanol–water partition coefficient (Wildman–Crippen LogP) is 3.27. The van der Waals surface area contributed by atoms with E-state index >= 15 is 0 Å². The summed E-state index contributed by atoms with van der Waals surface area (Å²) < 4.78 is 6.15. The van der Waals surface area contributed by atoms with Crippen molar-refractivity contribution in [3.05, 3.63) is 40.9 Å². The Labute approximate surface area is 140 Å². The van der Waals surface area contributed by atoms with E-state index in [1.165, 1.54) is 23.8 Å². The minimum atomic E-state index is -0.261. The average molecular weight is 331 g/mol. The highest BCUT2D eigenvalue weighted by Gasteiger charge is 2.29. The van der Waals surface area contributed by atoms with Crippen molar-refractivity contribution >= 4 is 22.4 Å². The maximum atomic E-state index is 11.1. The molecule has 0 radical (unpaired) electrons. The lowest BCUT2D eigenvalue weighted by atomic mass is 10.1. The Hall–Kier alpha value is -1.92. The van der Waals surface area contributed by atoms with Crippen LogP contribution < -0.4 is 10.1 Å². The van der Waals surface area contributed by atoms with Gasteiger partial charge >= 0.3 is 0 Å². The number of fused-ring (bicyclic) bond motifs is 1. The van der Waals surface area contributed by atoms with Crippen LogP contribution in [0.15, 0.2) is 29.6 Å². The van der Waals surface area contributed by atoms with Gasteiger partial charge in [0.05, 0.1) is 5.69 Å². The number of nitrogens with one attached hydrogen (secondary N) is 1. The van der Waals surface area contributed by atoms with Gasteiger partial charge in [0, 0.05) is 37.5 Å².